The highest BCUT2D eigenvalue weighted by Gasteiger charge is 2.18. The molecule has 0 fully saturated rings. The zero-order valence-electron chi connectivity index (χ0n) is 15.8. The van der Waals surface area contributed by atoms with Crippen molar-refractivity contribution in [3.05, 3.63) is 58.6 Å². The largest absolute Gasteiger partial charge is 0.325 e. The van der Waals surface area contributed by atoms with Crippen molar-refractivity contribution < 1.29 is 9.59 Å². The second kappa shape index (κ2) is 10.4. The molecule has 0 aromatic heterocycles. The van der Waals surface area contributed by atoms with E-state index in [-0.39, 0.29) is 22.8 Å². The molecule has 1 atom stereocenters. The molecule has 2 aromatic rings. The Labute approximate surface area is 170 Å². The number of hydrogen-bond donors (Lipinski definition) is 2. The van der Waals surface area contributed by atoms with Crippen LogP contribution in [0.15, 0.2) is 42.5 Å². The molecule has 6 heteroatoms. The van der Waals surface area contributed by atoms with E-state index in [2.05, 4.69) is 24.5 Å². The summed E-state index contributed by atoms with van der Waals surface area (Å²) in [5.74, 6) is -0.0344. The van der Waals surface area contributed by atoms with Crippen molar-refractivity contribution in [3.8, 4) is 0 Å². The molecule has 0 bridgehead atoms. The summed E-state index contributed by atoms with van der Waals surface area (Å²) in [4.78, 5) is 24.7. The van der Waals surface area contributed by atoms with Crippen molar-refractivity contribution in [2.45, 2.75) is 38.9 Å². The first-order chi connectivity index (χ1) is 12.9. The lowest BCUT2D eigenvalue weighted by Crippen LogP contribution is -2.26. The van der Waals surface area contributed by atoms with Crippen molar-refractivity contribution in [2.75, 3.05) is 16.4 Å². The molecule has 27 heavy (non-hydrogen) atoms. The first kappa shape index (κ1) is 21.3. The number of aryl methyl sites for hydroxylation is 2. The molecule has 0 aliphatic heterocycles. The zero-order valence-corrected chi connectivity index (χ0v) is 17.4. The molecule has 0 radical (unpaired) electrons. The number of halogens is 1. The van der Waals surface area contributed by atoms with E-state index in [4.69, 9.17) is 11.6 Å². The average molecular weight is 405 g/mol. The van der Waals surface area contributed by atoms with Gasteiger partial charge in [-0.1, -0.05) is 43.6 Å². The highest BCUT2D eigenvalue weighted by molar-refractivity contribution is 8.01. The van der Waals surface area contributed by atoms with Gasteiger partial charge in [-0.15, -0.1) is 11.8 Å². The van der Waals surface area contributed by atoms with Gasteiger partial charge in [0.05, 0.1) is 11.0 Å². The number of nitrogens with one attached hydrogen (secondary N) is 2. The Morgan fingerprint density at radius 2 is 1.59 bits per heavy atom. The molecule has 144 valence electrons. The fourth-order valence-electron chi connectivity index (χ4n) is 2.63. The molecule has 0 heterocycles. The number of carbonyl (C=O) groups is 2. The molecular weight excluding hydrogens is 380 g/mol. The molecule has 2 aromatic carbocycles. The lowest BCUT2D eigenvalue weighted by atomic mass is 10.0. The van der Waals surface area contributed by atoms with Crippen LogP contribution in [0.3, 0.4) is 0 Å². The van der Waals surface area contributed by atoms with Crippen LogP contribution in [0.2, 0.25) is 5.02 Å². The number of para-hydroxylation sites is 1. The third-order valence-electron chi connectivity index (χ3n) is 4.21. The Hall–Kier alpha value is -1.98. The third-order valence-corrected chi connectivity index (χ3v) is 5.60. The van der Waals surface area contributed by atoms with E-state index in [0.29, 0.717) is 10.7 Å². The summed E-state index contributed by atoms with van der Waals surface area (Å²) in [6, 6.07) is 13.0. The highest BCUT2D eigenvalue weighted by atomic mass is 35.5. The number of anilines is 2. The van der Waals surface area contributed by atoms with Gasteiger partial charge in [0, 0.05) is 16.4 Å². The standard InChI is InChI=1S/C21H25ClN2O2S/c1-4-15-7-6-8-16(5-2)20(15)24-21(26)14(3)27-13-19(25)23-18-11-9-17(22)10-12-18/h6-12,14H,4-5,13H2,1-3H3,(H,23,25)(H,24,26). The molecule has 0 saturated carbocycles. The van der Waals surface area contributed by atoms with E-state index in [1.54, 1.807) is 24.3 Å². The minimum atomic E-state index is -0.337. The number of rotatable bonds is 8. The maximum absolute atomic E-state index is 12.6. The molecule has 0 aliphatic rings. The van der Waals surface area contributed by atoms with Gasteiger partial charge < -0.3 is 10.6 Å². The van der Waals surface area contributed by atoms with Gasteiger partial charge in [-0.2, -0.15) is 0 Å². The van der Waals surface area contributed by atoms with Gasteiger partial charge in [-0.3, -0.25) is 9.59 Å². The number of thioether (sulfide) groups is 1. The van der Waals surface area contributed by atoms with Crippen molar-refractivity contribution >= 4 is 46.6 Å². The van der Waals surface area contributed by atoms with Crippen molar-refractivity contribution in [1.29, 1.82) is 0 Å². The summed E-state index contributed by atoms with van der Waals surface area (Å²) >= 11 is 7.15. The summed E-state index contributed by atoms with van der Waals surface area (Å²) in [5.41, 5.74) is 3.85. The van der Waals surface area contributed by atoms with E-state index in [0.717, 1.165) is 29.7 Å². The van der Waals surface area contributed by atoms with Crippen LogP contribution in [0.1, 0.15) is 31.9 Å². The van der Waals surface area contributed by atoms with Crippen LogP contribution in [0, 0.1) is 0 Å². The average Bonchev–Trinajstić information content (AvgIpc) is 2.67. The van der Waals surface area contributed by atoms with E-state index in [9.17, 15) is 9.59 Å². The first-order valence-electron chi connectivity index (χ1n) is 9.03. The molecule has 2 amide bonds. The second-order valence-corrected chi connectivity index (χ2v) is 7.92. The Morgan fingerprint density at radius 1 is 1.00 bits per heavy atom. The van der Waals surface area contributed by atoms with E-state index in [1.165, 1.54) is 11.8 Å². The minimum absolute atomic E-state index is 0.0881. The van der Waals surface area contributed by atoms with Gasteiger partial charge in [-0.05, 0) is 55.2 Å². The Bertz CT molecular complexity index is 771. The lowest BCUT2D eigenvalue weighted by molar-refractivity contribution is -0.115. The predicted molar refractivity (Wildman–Crippen MR) is 116 cm³/mol. The Balaban J connectivity index is 1.90. The van der Waals surface area contributed by atoms with Crippen molar-refractivity contribution in [2.24, 2.45) is 0 Å². The van der Waals surface area contributed by atoms with Crippen LogP contribution < -0.4 is 10.6 Å². The summed E-state index contributed by atoms with van der Waals surface area (Å²) < 4.78 is 0. The quantitative estimate of drug-likeness (QED) is 0.638. The smallest absolute Gasteiger partial charge is 0.237 e. The van der Waals surface area contributed by atoms with Gasteiger partial charge in [0.1, 0.15) is 0 Å². The van der Waals surface area contributed by atoms with Gasteiger partial charge in [0.15, 0.2) is 0 Å². The maximum atomic E-state index is 12.6. The SMILES string of the molecule is CCc1cccc(CC)c1NC(=O)C(C)SCC(=O)Nc1ccc(Cl)cc1. The van der Waals surface area contributed by atoms with E-state index >= 15 is 0 Å². The molecule has 4 nitrogen and oxygen atoms in total. The molecule has 0 aliphatic carbocycles. The topological polar surface area (TPSA) is 58.2 Å². The normalized spacial score (nSPS) is 11.7. The Morgan fingerprint density at radius 3 is 2.15 bits per heavy atom. The zero-order chi connectivity index (χ0) is 19.8. The second-order valence-electron chi connectivity index (χ2n) is 6.16. The van der Waals surface area contributed by atoms with Gasteiger partial charge in [-0.25, -0.2) is 0 Å². The molecule has 0 spiro atoms. The van der Waals surface area contributed by atoms with E-state index < -0.39 is 0 Å². The molecule has 2 rings (SSSR count). The molecule has 1 unspecified atom stereocenters. The van der Waals surface area contributed by atoms with Crippen LogP contribution in [0.5, 0.6) is 0 Å². The minimum Gasteiger partial charge on any atom is -0.325 e. The van der Waals surface area contributed by atoms with Crippen molar-refractivity contribution in [1.82, 2.24) is 0 Å². The Kier molecular flexibility index (Phi) is 8.20. The fourth-order valence-corrected chi connectivity index (χ4v) is 3.44. The number of amides is 2. The summed E-state index contributed by atoms with van der Waals surface area (Å²) in [6.07, 6.45) is 1.71. The number of hydrogen-bond acceptors (Lipinski definition) is 3. The predicted octanol–water partition coefficient (Wildman–Crippen LogP) is 5.16. The van der Waals surface area contributed by atoms with Crippen LogP contribution in [0.4, 0.5) is 11.4 Å². The highest BCUT2D eigenvalue weighted by Crippen LogP contribution is 2.24. The number of benzene rings is 2. The molecule has 0 saturated heterocycles. The van der Waals surface area contributed by atoms with E-state index in [1.807, 2.05) is 25.1 Å². The summed E-state index contributed by atoms with van der Waals surface area (Å²) in [5, 5.41) is 6.13. The van der Waals surface area contributed by atoms with Gasteiger partial charge in [0.25, 0.3) is 0 Å². The van der Waals surface area contributed by atoms with Crippen LogP contribution in [0.25, 0.3) is 0 Å². The first-order valence-corrected chi connectivity index (χ1v) is 10.5. The fraction of sp³-hybridized carbons (Fsp3) is 0.333. The summed E-state index contributed by atoms with van der Waals surface area (Å²) in [6.45, 7) is 5.96. The van der Waals surface area contributed by atoms with Crippen molar-refractivity contribution in [3.63, 3.8) is 0 Å². The third kappa shape index (κ3) is 6.29. The summed E-state index contributed by atoms with van der Waals surface area (Å²) in [7, 11) is 0. The van der Waals surface area contributed by atoms with Gasteiger partial charge >= 0.3 is 0 Å². The van der Waals surface area contributed by atoms with Crippen LogP contribution >= 0.6 is 23.4 Å². The van der Waals surface area contributed by atoms with Gasteiger partial charge in [0.2, 0.25) is 11.8 Å². The van der Waals surface area contributed by atoms with Crippen LogP contribution in [-0.4, -0.2) is 22.8 Å². The molecule has 2 N–H and O–H groups in total. The van der Waals surface area contributed by atoms with Crippen LogP contribution in [-0.2, 0) is 22.4 Å². The lowest BCUT2D eigenvalue weighted by Gasteiger charge is -2.17. The number of carbonyl (C=O) groups excluding carboxylic acids is 2. The maximum Gasteiger partial charge on any atom is 0.237 e. The monoisotopic (exact) mass is 404 g/mol. The molecular formula is C21H25ClN2O2S.